The molecule has 2 aliphatic carbocycles. The molecule has 2 atom stereocenters. The van der Waals surface area contributed by atoms with E-state index in [1.165, 1.54) is 25.7 Å². The summed E-state index contributed by atoms with van der Waals surface area (Å²) >= 11 is 3.66. The van der Waals surface area contributed by atoms with Crippen LogP contribution in [0.5, 0.6) is 0 Å². The van der Waals surface area contributed by atoms with Gasteiger partial charge in [-0.25, -0.2) is 0 Å². The van der Waals surface area contributed by atoms with Crippen molar-refractivity contribution in [1.29, 1.82) is 0 Å². The van der Waals surface area contributed by atoms with E-state index in [9.17, 15) is 0 Å². The summed E-state index contributed by atoms with van der Waals surface area (Å²) in [7, 11) is 0. The van der Waals surface area contributed by atoms with Crippen LogP contribution in [-0.2, 0) is 0 Å². The van der Waals surface area contributed by atoms with Crippen molar-refractivity contribution in [2.24, 2.45) is 11.8 Å². The Balaban J connectivity index is 2.00. The maximum absolute atomic E-state index is 3.66. The summed E-state index contributed by atoms with van der Waals surface area (Å²) in [5, 5.41) is 0. The number of hydrogen-bond acceptors (Lipinski definition) is 0. The zero-order chi connectivity index (χ0) is 5.56. The standard InChI is InChI=1S/C7H11Br/c8-7-3-5-1-2-6(5)4-7/h5-7H,1-4H2. The Morgan fingerprint density at radius 2 is 1.50 bits per heavy atom. The second-order valence-electron chi connectivity index (χ2n) is 3.17. The first kappa shape index (κ1) is 5.28. The van der Waals surface area contributed by atoms with Gasteiger partial charge in [-0.2, -0.15) is 0 Å². The Labute approximate surface area is 58.8 Å². The van der Waals surface area contributed by atoms with Gasteiger partial charge in [0, 0.05) is 4.83 Å². The van der Waals surface area contributed by atoms with Crippen LogP contribution < -0.4 is 0 Å². The van der Waals surface area contributed by atoms with E-state index < -0.39 is 0 Å². The van der Waals surface area contributed by atoms with Gasteiger partial charge in [-0.1, -0.05) is 15.9 Å². The minimum absolute atomic E-state index is 0.875. The second-order valence-corrected chi connectivity index (χ2v) is 4.46. The molecule has 0 aliphatic heterocycles. The number of alkyl halides is 1. The molecular formula is C7H11Br. The lowest BCUT2D eigenvalue weighted by Crippen LogP contribution is -2.18. The van der Waals surface area contributed by atoms with Crippen LogP contribution in [0.15, 0.2) is 0 Å². The van der Waals surface area contributed by atoms with Gasteiger partial charge in [0.05, 0.1) is 0 Å². The molecule has 0 heterocycles. The van der Waals surface area contributed by atoms with Gasteiger partial charge in [0.1, 0.15) is 0 Å². The van der Waals surface area contributed by atoms with Crippen LogP contribution in [0.25, 0.3) is 0 Å². The van der Waals surface area contributed by atoms with E-state index in [2.05, 4.69) is 15.9 Å². The molecule has 2 saturated carbocycles. The van der Waals surface area contributed by atoms with Crippen molar-refractivity contribution in [1.82, 2.24) is 0 Å². The third-order valence-corrected chi connectivity index (χ3v) is 3.44. The molecule has 2 aliphatic rings. The number of rotatable bonds is 0. The Hall–Kier alpha value is 0.480. The van der Waals surface area contributed by atoms with Crippen LogP contribution in [0.2, 0.25) is 0 Å². The third-order valence-electron chi connectivity index (χ3n) is 2.69. The monoisotopic (exact) mass is 174 g/mol. The molecule has 46 valence electrons. The maximum Gasteiger partial charge on any atom is 0.0151 e. The lowest BCUT2D eigenvalue weighted by Gasteiger charge is -2.29. The van der Waals surface area contributed by atoms with Crippen LogP contribution in [-0.4, -0.2) is 4.83 Å². The van der Waals surface area contributed by atoms with E-state index in [0.717, 1.165) is 16.7 Å². The van der Waals surface area contributed by atoms with Gasteiger partial charge in [0.15, 0.2) is 0 Å². The summed E-state index contributed by atoms with van der Waals surface area (Å²) in [6.07, 6.45) is 5.97. The largest absolute Gasteiger partial charge is 0.0890 e. The average Bonchev–Trinajstić information content (AvgIpc) is 1.91. The van der Waals surface area contributed by atoms with Gasteiger partial charge < -0.3 is 0 Å². The first-order chi connectivity index (χ1) is 3.86. The number of hydrogen-bond donors (Lipinski definition) is 0. The molecule has 0 nitrogen and oxygen atoms in total. The van der Waals surface area contributed by atoms with Crippen LogP contribution in [0, 0.1) is 11.8 Å². The quantitative estimate of drug-likeness (QED) is 0.496. The summed E-state index contributed by atoms with van der Waals surface area (Å²) < 4.78 is 0. The molecule has 0 aromatic carbocycles. The lowest BCUT2D eigenvalue weighted by atomic mass is 9.77. The lowest BCUT2D eigenvalue weighted by molar-refractivity contribution is 0.219. The Morgan fingerprint density at radius 3 is 1.75 bits per heavy atom. The van der Waals surface area contributed by atoms with Gasteiger partial charge in [-0.3, -0.25) is 0 Å². The van der Waals surface area contributed by atoms with E-state index in [0.29, 0.717) is 0 Å². The van der Waals surface area contributed by atoms with Crippen molar-refractivity contribution in [2.75, 3.05) is 0 Å². The Morgan fingerprint density at radius 1 is 1.00 bits per heavy atom. The summed E-state index contributed by atoms with van der Waals surface area (Å²) in [4.78, 5) is 0.875. The van der Waals surface area contributed by atoms with Gasteiger partial charge in [-0.05, 0) is 37.5 Å². The van der Waals surface area contributed by atoms with Crippen LogP contribution in [0.3, 0.4) is 0 Å². The molecule has 8 heavy (non-hydrogen) atoms. The van der Waals surface area contributed by atoms with E-state index in [-0.39, 0.29) is 0 Å². The molecule has 0 radical (unpaired) electrons. The van der Waals surface area contributed by atoms with Gasteiger partial charge in [0.25, 0.3) is 0 Å². The second kappa shape index (κ2) is 1.73. The molecule has 1 heteroatoms. The first-order valence-corrected chi connectivity index (χ1v) is 4.42. The van der Waals surface area contributed by atoms with Crippen molar-refractivity contribution in [3.05, 3.63) is 0 Å². The van der Waals surface area contributed by atoms with Crippen LogP contribution in [0.1, 0.15) is 25.7 Å². The minimum atomic E-state index is 0.875. The molecule has 2 fully saturated rings. The summed E-state index contributed by atoms with van der Waals surface area (Å²) in [5.41, 5.74) is 0. The highest BCUT2D eigenvalue weighted by Crippen LogP contribution is 2.48. The molecule has 0 bridgehead atoms. The van der Waals surface area contributed by atoms with E-state index in [1.807, 2.05) is 0 Å². The smallest absolute Gasteiger partial charge is 0.0151 e. The van der Waals surface area contributed by atoms with Crippen LogP contribution in [0.4, 0.5) is 0 Å². The highest BCUT2D eigenvalue weighted by molar-refractivity contribution is 9.09. The Kier molecular flexibility index (Phi) is 1.14. The molecule has 0 N–H and O–H groups in total. The van der Waals surface area contributed by atoms with Crippen molar-refractivity contribution < 1.29 is 0 Å². The summed E-state index contributed by atoms with van der Waals surface area (Å²) in [6, 6.07) is 0. The van der Waals surface area contributed by atoms with Crippen molar-refractivity contribution in [3.8, 4) is 0 Å². The number of halogens is 1. The summed E-state index contributed by atoms with van der Waals surface area (Å²) in [5.74, 6) is 2.25. The zero-order valence-corrected chi connectivity index (χ0v) is 6.52. The van der Waals surface area contributed by atoms with Gasteiger partial charge >= 0.3 is 0 Å². The predicted octanol–water partition coefficient (Wildman–Crippen LogP) is 2.57. The SMILES string of the molecule is BrC1CC2CCC2C1. The predicted molar refractivity (Wildman–Crippen MR) is 38.2 cm³/mol. The number of fused-ring (bicyclic) bond motifs is 1. The molecule has 2 rings (SSSR count). The fraction of sp³-hybridized carbons (Fsp3) is 1.00. The summed E-state index contributed by atoms with van der Waals surface area (Å²) in [6.45, 7) is 0. The fourth-order valence-corrected chi connectivity index (χ4v) is 2.97. The molecule has 0 spiro atoms. The third kappa shape index (κ3) is 0.637. The van der Waals surface area contributed by atoms with Crippen molar-refractivity contribution >= 4 is 15.9 Å². The van der Waals surface area contributed by atoms with E-state index >= 15 is 0 Å². The van der Waals surface area contributed by atoms with Gasteiger partial charge in [0.2, 0.25) is 0 Å². The van der Waals surface area contributed by atoms with E-state index in [4.69, 9.17) is 0 Å². The molecule has 0 amide bonds. The van der Waals surface area contributed by atoms with Crippen molar-refractivity contribution in [2.45, 2.75) is 30.5 Å². The van der Waals surface area contributed by atoms with Crippen LogP contribution >= 0.6 is 15.9 Å². The molecule has 2 unspecified atom stereocenters. The van der Waals surface area contributed by atoms with Gasteiger partial charge in [-0.15, -0.1) is 0 Å². The molecular weight excluding hydrogens is 164 g/mol. The minimum Gasteiger partial charge on any atom is -0.0890 e. The van der Waals surface area contributed by atoms with E-state index in [1.54, 1.807) is 0 Å². The molecule has 0 aromatic rings. The topological polar surface area (TPSA) is 0 Å². The fourth-order valence-electron chi connectivity index (χ4n) is 2.01. The normalized spacial score (nSPS) is 52.9. The van der Waals surface area contributed by atoms with Crippen molar-refractivity contribution in [3.63, 3.8) is 0 Å². The highest BCUT2D eigenvalue weighted by Gasteiger charge is 2.38. The Bertz CT molecular complexity index is 88.6. The molecule has 0 aromatic heterocycles. The average molecular weight is 175 g/mol. The zero-order valence-electron chi connectivity index (χ0n) is 4.94. The highest BCUT2D eigenvalue weighted by atomic mass is 79.9. The molecule has 0 saturated heterocycles. The maximum atomic E-state index is 3.66. The first-order valence-electron chi connectivity index (χ1n) is 3.50.